The minimum atomic E-state index is -0.533. The Balaban J connectivity index is 0.00000112. The molecule has 1 saturated heterocycles. The number of hydrogen-bond donors (Lipinski definition) is 1. The van der Waals surface area contributed by atoms with E-state index >= 15 is 0 Å². The fourth-order valence-corrected chi connectivity index (χ4v) is 1.09. The van der Waals surface area contributed by atoms with Crippen molar-refractivity contribution in [2.45, 2.75) is 6.10 Å². The zero-order valence-corrected chi connectivity index (χ0v) is 8.57. The van der Waals surface area contributed by atoms with Gasteiger partial charge in [0.1, 0.15) is 6.10 Å². The van der Waals surface area contributed by atoms with E-state index in [2.05, 4.69) is 10.3 Å². The van der Waals surface area contributed by atoms with Gasteiger partial charge in [-0.05, 0) is 16.0 Å². The Labute approximate surface area is 92.2 Å². The molecule has 1 fully saturated rings. The Morgan fingerprint density at radius 2 is 2.27 bits per heavy atom. The van der Waals surface area contributed by atoms with E-state index in [0.29, 0.717) is 5.75 Å². The van der Waals surface area contributed by atoms with Crippen molar-refractivity contribution in [3.63, 3.8) is 0 Å². The molecule has 1 aliphatic heterocycles. The van der Waals surface area contributed by atoms with Crippen LogP contribution in [-0.4, -0.2) is 29.1 Å². The van der Waals surface area contributed by atoms with Gasteiger partial charge in [-0.25, -0.2) is 0 Å². The first-order valence-corrected chi connectivity index (χ1v) is 4.23. The molecule has 2 rings (SSSR count). The highest BCUT2D eigenvalue weighted by molar-refractivity contribution is 5.85. The van der Waals surface area contributed by atoms with Crippen molar-refractivity contribution in [3.8, 4) is 5.75 Å². The third-order valence-electron chi connectivity index (χ3n) is 1.95. The molecule has 0 unspecified atom stereocenters. The zero-order valence-electron chi connectivity index (χ0n) is 7.75. The lowest BCUT2D eigenvalue weighted by Crippen LogP contribution is -2.50. The first-order valence-electron chi connectivity index (χ1n) is 4.23. The molecule has 1 aromatic rings. The van der Waals surface area contributed by atoms with E-state index in [0.717, 1.165) is 13.1 Å². The fraction of sp³-hybridized carbons (Fsp3) is 0.375. The Morgan fingerprint density at radius 1 is 1.53 bits per heavy atom. The lowest BCUT2D eigenvalue weighted by Gasteiger charge is -2.27. The Bertz CT molecular complexity index is 339. The van der Waals surface area contributed by atoms with E-state index in [1.54, 1.807) is 6.07 Å². The van der Waals surface area contributed by atoms with Crippen LogP contribution in [-0.2, 0) is 0 Å². The van der Waals surface area contributed by atoms with Crippen molar-refractivity contribution in [2.24, 2.45) is 0 Å². The van der Waals surface area contributed by atoms with Crippen molar-refractivity contribution >= 4 is 18.2 Å². The SMILES string of the molecule is Cl.O=[N+]([O-])c1ccc(OC2CNC2)cn1. The van der Waals surface area contributed by atoms with Gasteiger partial charge in [-0.3, -0.25) is 0 Å². The van der Waals surface area contributed by atoms with Crippen LogP contribution in [0, 0.1) is 10.1 Å². The van der Waals surface area contributed by atoms with Crippen molar-refractivity contribution in [3.05, 3.63) is 28.4 Å². The number of pyridine rings is 1. The second-order valence-electron chi connectivity index (χ2n) is 3.01. The molecular formula is C8H10ClN3O3. The molecule has 0 bridgehead atoms. The fourth-order valence-electron chi connectivity index (χ4n) is 1.09. The summed E-state index contributed by atoms with van der Waals surface area (Å²) in [6.07, 6.45) is 1.54. The van der Waals surface area contributed by atoms with Gasteiger partial charge in [-0.1, -0.05) is 0 Å². The second kappa shape index (κ2) is 4.90. The number of nitro groups is 1. The van der Waals surface area contributed by atoms with E-state index < -0.39 is 4.92 Å². The van der Waals surface area contributed by atoms with Gasteiger partial charge in [0.25, 0.3) is 0 Å². The number of halogens is 1. The quantitative estimate of drug-likeness (QED) is 0.614. The van der Waals surface area contributed by atoms with Crippen LogP contribution in [0.25, 0.3) is 0 Å². The van der Waals surface area contributed by atoms with Crippen LogP contribution < -0.4 is 10.1 Å². The molecule has 15 heavy (non-hydrogen) atoms. The molecular weight excluding hydrogens is 222 g/mol. The summed E-state index contributed by atoms with van der Waals surface area (Å²) in [5.74, 6) is 0.409. The average Bonchev–Trinajstić information content (AvgIpc) is 2.12. The van der Waals surface area contributed by atoms with Gasteiger partial charge in [0.2, 0.25) is 0 Å². The molecule has 1 aromatic heterocycles. The third-order valence-corrected chi connectivity index (χ3v) is 1.95. The highest BCUT2D eigenvalue weighted by Crippen LogP contribution is 2.15. The standard InChI is InChI=1S/C8H9N3O3.ClH/c12-11(13)8-2-1-6(5-10-8)14-7-3-9-4-7;/h1-2,5,7,9H,3-4H2;1H. The maximum atomic E-state index is 10.3. The molecule has 6 nitrogen and oxygen atoms in total. The smallest absolute Gasteiger partial charge is 0.363 e. The summed E-state index contributed by atoms with van der Waals surface area (Å²) in [5, 5.41) is 13.4. The van der Waals surface area contributed by atoms with E-state index in [1.165, 1.54) is 12.3 Å². The third kappa shape index (κ3) is 2.77. The summed E-state index contributed by atoms with van der Waals surface area (Å²) in [6.45, 7) is 1.63. The highest BCUT2D eigenvalue weighted by atomic mass is 35.5. The molecule has 0 spiro atoms. The van der Waals surface area contributed by atoms with Gasteiger partial charge in [0.15, 0.2) is 11.9 Å². The summed E-state index contributed by atoms with van der Waals surface area (Å²) >= 11 is 0. The largest absolute Gasteiger partial charge is 0.484 e. The zero-order chi connectivity index (χ0) is 9.97. The molecule has 1 N–H and O–H groups in total. The Hall–Kier alpha value is -1.40. The van der Waals surface area contributed by atoms with Crippen molar-refractivity contribution in [1.82, 2.24) is 10.3 Å². The second-order valence-corrected chi connectivity index (χ2v) is 3.01. The number of nitrogens with zero attached hydrogens (tertiary/aromatic N) is 2. The number of rotatable bonds is 3. The van der Waals surface area contributed by atoms with Crippen LogP contribution in [0.5, 0.6) is 5.75 Å². The maximum Gasteiger partial charge on any atom is 0.363 e. The van der Waals surface area contributed by atoms with Crippen molar-refractivity contribution < 1.29 is 9.66 Å². The molecule has 82 valence electrons. The lowest BCUT2D eigenvalue weighted by atomic mass is 10.2. The normalized spacial score (nSPS) is 14.9. The molecule has 0 amide bonds. The van der Waals surface area contributed by atoms with Crippen LogP contribution in [0.3, 0.4) is 0 Å². The number of hydrogen-bond acceptors (Lipinski definition) is 5. The number of ether oxygens (including phenoxy) is 1. The number of aromatic nitrogens is 1. The van der Waals surface area contributed by atoms with Gasteiger partial charge in [-0.2, -0.15) is 0 Å². The maximum absolute atomic E-state index is 10.3. The molecule has 7 heteroatoms. The predicted octanol–water partition coefficient (Wildman–Crippen LogP) is 0.762. The Kier molecular flexibility index (Phi) is 3.81. The van der Waals surface area contributed by atoms with E-state index in [1.807, 2.05) is 0 Å². The first kappa shape index (κ1) is 11.7. The summed E-state index contributed by atoms with van der Waals surface area (Å²) in [7, 11) is 0. The summed E-state index contributed by atoms with van der Waals surface area (Å²) in [6, 6.07) is 2.89. The lowest BCUT2D eigenvalue weighted by molar-refractivity contribution is -0.389. The Morgan fingerprint density at radius 3 is 2.67 bits per heavy atom. The van der Waals surface area contributed by atoms with Gasteiger partial charge in [-0.15, -0.1) is 12.4 Å². The first-order chi connectivity index (χ1) is 6.75. The van der Waals surface area contributed by atoms with Gasteiger partial charge >= 0.3 is 5.82 Å². The van der Waals surface area contributed by atoms with E-state index in [9.17, 15) is 10.1 Å². The molecule has 0 saturated carbocycles. The van der Waals surface area contributed by atoms with Crippen LogP contribution in [0.4, 0.5) is 5.82 Å². The van der Waals surface area contributed by atoms with Crippen LogP contribution in [0.2, 0.25) is 0 Å². The van der Waals surface area contributed by atoms with Crippen molar-refractivity contribution in [2.75, 3.05) is 13.1 Å². The highest BCUT2D eigenvalue weighted by Gasteiger charge is 2.19. The van der Waals surface area contributed by atoms with Crippen LogP contribution >= 0.6 is 12.4 Å². The predicted molar refractivity (Wildman–Crippen MR) is 55.4 cm³/mol. The van der Waals surface area contributed by atoms with Gasteiger partial charge < -0.3 is 20.2 Å². The van der Waals surface area contributed by atoms with Crippen LogP contribution in [0.1, 0.15) is 0 Å². The molecule has 1 aliphatic rings. The van der Waals surface area contributed by atoms with Crippen molar-refractivity contribution in [1.29, 1.82) is 0 Å². The molecule has 2 heterocycles. The molecule has 0 radical (unpaired) electrons. The average molecular weight is 232 g/mol. The minimum Gasteiger partial charge on any atom is -0.484 e. The summed E-state index contributed by atoms with van der Waals surface area (Å²) in [5.41, 5.74) is 0. The summed E-state index contributed by atoms with van der Waals surface area (Å²) in [4.78, 5) is 13.4. The topological polar surface area (TPSA) is 77.3 Å². The summed E-state index contributed by atoms with van der Waals surface area (Å²) < 4.78 is 5.44. The molecule has 0 aromatic carbocycles. The molecule has 0 atom stereocenters. The van der Waals surface area contributed by atoms with Gasteiger partial charge in [0, 0.05) is 19.2 Å². The van der Waals surface area contributed by atoms with Gasteiger partial charge in [0.05, 0.1) is 0 Å². The monoisotopic (exact) mass is 231 g/mol. The van der Waals surface area contributed by atoms with E-state index in [4.69, 9.17) is 4.74 Å². The minimum absolute atomic E-state index is 0. The van der Waals surface area contributed by atoms with E-state index in [-0.39, 0.29) is 24.3 Å². The molecule has 0 aliphatic carbocycles. The number of nitrogens with one attached hydrogen (secondary N) is 1. The van der Waals surface area contributed by atoms with Crippen LogP contribution in [0.15, 0.2) is 18.3 Å².